The summed E-state index contributed by atoms with van der Waals surface area (Å²) >= 11 is 0. The normalized spacial score (nSPS) is 10.9. The number of nitrogens with zero attached hydrogens (tertiary/aromatic N) is 3. The Morgan fingerprint density at radius 1 is 1.44 bits per heavy atom. The fraction of sp³-hybridized carbons (Fsp3) is 0.818. The highest BCUT2D eigenvalue weighted by Crippen LogP contribution is 2.08. The van der Waals surface area contributed by atoms with Crippen LogP contribution in [0.3, 0.4) is 0 Å². The summed E-state index contributed by atoms with van der Waals surface area (Å²) in [7, 11) is 3.64. The van der Waals surface area contributed by atoms with E-state index in [1.807, 2.05) is 11.7 Å². The molecule has 0 fully saturated rings. The minimum atomic E-state index is 0.718. The molecule has 1 rings (SSSR count). The summed E-state index contributed by atoms with van der Waals surface area (Å²) in [4.78, 5) is 0. The molecule has 0 aliphatic rings. The quantitative estimate of drug-likeness (QED) is 0.718. The second-order valence-electron chi connectivity index (χ2n) is 3.83. The Bertz CT molecular complexity index is 298. The van der Waals surface area contributed by atoms with Crippen molar-refractivity contribution in [3.8, 4) is 0 Å². The molecule has 0 radical (unpaired) electrons. The van der Waals surface area contributed by atoms with Gasteiger partial charge in [-0.1, -0.05) is 18.6 Å². The number of ether oxygens (including phenoxy) is 1. The summed E-state index contributed by atoms with van der Waals surface area (Å²) < 4.78 is 7.13. The van der Waals surface area contributed by atoms with Crippen molar-refractivity contribution < 1.29 is 4.74 Å². The van der Waals surface area contributed by atoms with E-state index in [9.17, 15) is 0 Å². The third kappa shape index (κ3) is 3.57. The number of rotatable bonds is 8. The standard InChI is InChI=1S/C11H22N4O/c1-4-5-7-15-11(6-8-16-3)10(9-12-2)13-14-15/h12H,4-9H2,1-3H3. The number of methoxy groups -OCH3 is 1. The lowest BCUT2D eigenvalue weighted by atomic mass is 10.2. The summed E-state index contributed by atoms with van der Waals surface area (Å²) in [6, 6.07) is 0. The summed E-state index contributed by atoms with van der Waals surface area (Å²) in [5.74, 6) is 0. The molecular formula is C11H22N4O. The minimum absolute atomic E-state index is 0.718. The third-order valence-corrected chi connectivity index (χ3v) is 2.53. The first-order valence-electron chi connectivity index (χ1n) is 5.88. The molecule has 0 atom stereocenters. The third-order valence-electron chi connectivity index (χ3n) is 2.53. The molecule has 0 saturated heterocycles. The van der Waals surface area contributed by atoms with Crippen molar-refractivity contribution in [1.82, 2.24) is 20.3 Å². The summed E-state index contributed by atoms with van der Waals surface area (Å²) in [6.07, 6.45) is 3.19. The predicted molar refractivity (Wildman–Crippen MR) is 63.3 cm³/mol. The van der Waals surface area contributed by atoms with Gasteiger partial charge in [0, 0.05) is 26.6 Å². The highest BCUT2D eigenvalue weighted by atomic mass is 16.5. The van der Waals surface area contributed by atoms with Crippen LogP contribution in [0.5, 0.6) is 0 Å². The van der Waals surface area contributed by atoms with E-state index in [1.54, 1.807) is 7.11 Å². The van der Waals surface area contributed by atoms with Crippen LogP contribution in [0.25, 0.3) is 0 Å². The van der Waals surface area contributed by atoms with Gasteiger partial charge in [-0.3, -0.25) is 0 Å². The maximum atomic E-state index is 5.12. The lowest BCUT2D eigenvalue weighted by Gasteiger charge is -2.07. The topological polar surface area (TPSA) is 52.0 Å². The molecule has 1 N–H and O–H groups in total. The van der Waals surface area contributed by atoms with Crippen molar-refractivity contribution in [2.24, 2.45) is 0 Å². The Morgan fingerprint density at radius 3 is 2.88 bits per heavy atom. The Labute approximate surface area is 97.2 Å². The molecule has 92 valence electrons. The van der Waals surface area contributed by atoms with Gasteiger partial charge in [-0.25, -0.2) is 4.68 Å². The van der Waals surface area contributed by atoms with Crippen molar-refractivity contribution in [3.05, 3.63) is 11.4 Å². The maximum absolute atomic E-state index is 5.12. The van der Waals surface area contributed by atoms with E-state index < -0.39 is 0 Å². The number of hydrogen-bond donors (Lipinski definition) is 1. The van der Waals surface area contributed by atoms with Crippen molar-refractivity contribution >= 4 is 0 Å². The molecule has 5 nitrogen and oxygen atoms in total. The molecule has 0 aromatic carbocycles. The molecule has 0 unspecified atom stereocenters. The fourth-order valence-corrected chi connectivity index (χ4v) is 1.63. The molecular weight excluding hydrogens is 204 g/mol. The first-order chi connectivity index (χ1) is 7.83. The van der Waals surface area contributed by atoms with Gasteiger partial charge in [-0.2, -0.15) is 0 Å². The van der Waals surface area contributed by atoms with Crippen LogP contribution in [0, 0.1) is 0 Å². The number of aryl methyl sites for hydroxylation is 1. The Kier molecular flexibility index (Phi) is 6.03. The van der Waals surface area contributed by atoms with Crippen molar-refractivity contribution in [1.29, 1.82) is 0 Å². The van der Waals surface area contributed by atoms with Gasteiger partial charge in [-0.05, 0) is 13.5 Å². The molecule has 0 aliphatic carbocycles. The summed E-state index contributed by atoms with van der Waals surface area (Å²) in [5, 5.41) is 11.5. The van der Waals surface area contributed by atoms with Gasteiger partial charge < -0.3 is 10.1 Å². The van der Waals surface area contributed by atoms with Crippen LogP contribution in [0.2, 0.25) is 0 Å². The van der Waals surface area contributed by atoms with E-state index in [2.05, 4.69) is 22.6 Å². The second-order valence-corrected chi connectivity index (χ2v) is 3.83. The Morgan fingerprint density at radius 2 is 2.25 bits per heavy atom. The molecule has 16 heavy (non-hydrogen) atoms. The Balaban J connectivity index is 2.72. The van der Waals surface area contributed by atoms with Crippen LogP contribution in [-0.4, -0.2) is 35.8 Å². The van der Waals surface area contributed by atoms with Crippen molar-refractivity contribution in [2.75, 3.05) is 20.8 Å². The first-order valence-corrected chi connectivity index (χ1v) is 5.88. The average molecular weight is 226 g/mol. The highest BCUT2D eigenvalue weighted by molar-refractivity contribution is 5.10. The van der Waals surface area contributed by atoms with E-state index >= 15 is 0 Å². The predicted octanol–water partition coefficient (Wildman–Crippen LogP) is 0.986. The fourth-order valence-electron chi connectivity index (χ4n) is 1.63. The van der Waals surface area contributed by atoms with Crippen LogP contribution >= 0.6 is 0 Å². The van der Waals surface area contributed by atoms with Gasteiger partial charge in [-0.15, -0.1) is 5.10 Å². The van der Waals surface area contributed by atoms with Gasteiger partial charge in [0.1, 0.15) is 0 Å². The molecule has 5 heteroatoms. The van der Waals surface area contributed by atoms with Crippen molar-refractivity contribution in [3.63, 3.8) is 0 Å². The lowest BCUT2D eigenvalue weighted by molar-refractivity contribution is 0.199. The van der Waals surface area contributed by atoms with Crippen LogP contribution in [-0.2, 0) is 24.2 Å². The van der Waals surface area contributed by atoms with Gasteiger partial charge in [0.25, 0.3) is 0 Å². The SMILES string of the molecule is CCCCn1nnc(CNC)c1CCOC. The number of nitrogens with one attached hydrogen (secondary N) is 1. The molecule has 0 saturated carbocycles. The zero-order chi connectivity index (χ0) is 11.8. The number of hydrogen-bond acceptors (Lipinski definition) is 4. The molecule has 1 heterocycles. The zero-order valence-corrected chi connectivity index (χ0v) is 10.5. The average Bonchev–Trinajstić information content (AvgIpc) is 2.67. The van der Waals surface area contributed by atoms with Crippen LogP contribution in [0.15, 0.2) is 0 Å². The number of unbranched alkanes of at least 4 members (excludes halogenated alkanes) is 1. The minimum Gasteiger partial charge on any atom is -0.384 e. The van der Waals surface area contributed by atoms with Crippen molar-refractivity contribution in [2.45, 2.75) is 39.3 Å². The van der Waals surface area contributed by atoms with E-state index in [1.165, 1.54) is 12.1 Å². The van der Waals surface area contributed by atoms with Gasteiger partial charge in [0.05, 0.1) is 18.0 Å². The molecule has 1 aromatic heterocycles. The lowest BCUT2D eigenvalue weighted by Crippen LogP contribution is -2.12. The first kappa shape index (κ1) is 13.1. The maximum Gasteiger partial charge on any atom is 0.0997 e. The van der Waals surface area contributed by atoms with E-state index in [0.29, 0.717) is 0 Å². The monoisotopic (exact) mass is 226 g/mol. The van der Waals surface area contributed by atoms with Gasteiger partial charge in [0.2, 0.25) is 0 Å². The van der Waals surface area contributed by atoms with Crippen LogP contribution < -0.4 is 5.32 Å². The highest BCUT2D eigenvalue weighted by Gasteiger charge is 2.11. The second kappa shape index (κ2) is 7.35. The molecule has 0 amide bonds. The molecule has 0 spiro atoms. The summed E-state index contributed by atoms with van der Waals surface area (Å²) in [6.45, 7) is 4.62. The number of aromatic nitrogens is 3. The smallest absolute Gasteiger partial charge is 0.0997 e. The Hall–Kier alpha value is -0.940. The molecule has 1 aromatic rings. The van der Waals surface area contributed by atoms with E-state index in [0.717, 1.165) is 38.2 Å². The zero-order valence-electron chi connectivity index (χ0n) is 10.5. The largest absolute Gasteiger partial charge is 0.384 e. The van der Waals surface area contributed by atoms with E-state index in [4.69, 9.17) is 4.74 Å². The summed E-state index contributed by atoms with van der Waals surface area (Å²) in [5.41, 5.74) is 2.24. The van der Waals surface area contributed by atoms with E-state index in [-0.39, 0.29) is 0 Å². The van der Waals surface area contributed by atoms with Crippen LogP contribution in [0.1, 0.15) is 31.2 Å². The van der Waals surface area contributed by atoms with Gasteiger partial charge >= 0.3 is 0 Å². The molecule has 0 bridgehead atoms. The van der Waals surface area contributed by atoms with Crippen LogP contribution in [0.4, 0.5) is 0 Å². The molecule has 0 aliphatic heterocycles. The van der Waals surface area contributed by atoms with Gasteiger partial charge in [0.15, 0.2) is 0 Å².